The van der Waals surface area contributed by atoms with Crippen LogP contribution in [-0.4, -0.2) is 37.4 Å². The first-order chi connectivity index (χ1) is 7.50. The topological polar surface area (TPSA) is 29.5 Å². The van der Waals surface area contributed by atoms with E-state index in [4.69, 9.17) is 27.9 Å². The first-order valence-electron chi connectivity index (χ1n) is 4.77. The molecule has 0 spiro atoms. The van der Waals surface area contributed by atoms with Crippen molar-refractivity contribution in [3.63, 3.8) is 0 Å². The van der Waals surface area contributed by atoms with E-state index in [1.54, 1.807) is 18.2 Å². The molecule has 0 aliphatic rings. The molecule has 0 radical (unpaired) electrons. The fourth-order valence-electron chi connectivity index (χ4n) is 1.09. The first-order valence-corrected chi connectivity index (χ1v) is 5.53. The number of halogens is 2. The molecule has 5 heteroatoms. The number of carbonyl (C=O) groups excluding carboxylic acids is 1. The maximum Gasteiger partial charge on any atom is 0.253 e. The van der Waals surface area contributed by atoms with Gasteiger partial charge in [-0.15, -0.1) is 0 Å². The van der Waals surface area contributed by atoms with Gasteiger partial charge in [0, 0.05) is 6.54 Å². The van der Waals surface area contributed by atoms with Crippen LogP contribution in [0.5, 0.6) is 5.75 Å². The molecule has 0 aromatic heterocycles. The molecule has 88 valence electrons. The second kappa shape index (κ2) is 6.09. The number of ether oxygens (including phenoxy) is 1. The Balaban J connectivity index is 2.63. The lowest BCUT2D eigenvalue weighted by atomic mass is 10.2. The zero-order chi connectivity index (χ0) is 12.1. The van der Waals surface area contributed by atoms with Crippen LogP contribution in [0.4, 0.5) is 0 Å². The van der Waals surface area contributed by atoms with Crippen LogP contribution < -0.4 is 4.74 Å². The van der Waals surface area contributed by atoms with Gasteiger partial charge in [0.25, 0.3) is 5.24 Å². The van der Waals surface area contributed by atoms with Gasteiger partial charge in [-0.3, -0.25) is 4.79 Å². The van der Waals surface area contributed by atoms with Crippen LogP contribution in [0.1, 0.15) is 10.4 Å². The lowest BCUT2D eigenvalue weighted by molar-refractivity contribution is 0.108. The Kier molecular flexibility index (Phi) is 5.06. The van der Waals surface area contributed by atoms with E-state index < -0.39 is 5.24 Å². The molecule has 0 atom stereocenters. The Morgan fingerprint density at radius 1 is 1.44 bits per heavy atom. The van der Waals surface area contributed by atoms with Crippen LogP contribution in [-0.2, 0) is 0 Å². The summed E-state index contributed by atoms with van der Waals surface area (Å²) in [5.41, 5.74) is 0.295. The van der Waals surface area contributed by atoms with E-state index in [0.717, 1.165) is 6.54 Å². The van der Waals surface area contributed by atoms with Crippen molar-refractivity contribution in [1.82, 2.24) is 4.90 Å². The molecule has 1 aromatic rings. The van der Waals surface area contributed by atoms with Crippen LogP contribution in [0.2, 0.25) is 5.02 Å². The van der Waals surface area contributed by atoms with Gasteiger partial charge in [-0.2, -0.15) is 0 Å². The molecule has 1 rings (SSSR count). The zero-order valence-electron chi connectivity index (χ0n) is 9.17. The largest absolute Gasteiger partial charge is 0.492 e. The highest BCUT2D eigenvalue weighted by Crippen LogP contribution is 2.23. The second-order valence-electron chi connectivity index (χ2n) is 3.57. The quantitative estimate of drug-likeness (QED) is 0.764. The summed E-state index contributed by atoms with van der Waals surface area (Å²) in [6.45, 7) is 1.38. The molecule has 0 aliphatic heterocycles. The third-order valence-electron chi connectivity index (χ3n) is 1.96. The van der Waals surface area contributed by atoms with E-state index in [2.05, 4.69) is 0 Å². The first kappa shape index (κ1) is 13.3. The van der Waals surface area contributed by atoms with Gasteiger partial charge >= 0.3 is 0 Å². The van der Waals surface area contributed by atoms with E-state index >= 15 is 0 Å². The van der Waals surface area contributed by atoms with Crippen LogP contribution >= 0.6 is 23.2 Å². The maximum absolute atomic E-state index is 10.9. The fourth-order valence-corrected chi connectivity index (χ4v) is 1.56. The summed E-state index contributed by atoms with van der Waals surface area (Å²) in [5.74, 6) is 0.633. The summed E-state index contributed by atoms with van der Waals surface area (Å²) in [6.07, 6.45) is 0. The normalized spacial score (nSPS) is 10.6. The van der Waals surface area contributed by atoms with E-state index in [9.17, 15) is 4.79 Å². The average Bonchev–Trinajstić information content (AvgIpc) is 2.16. The van der Waals surface area contributed by atoms with E-state index in [0.29, 0.717) is 22.9 Å². The average molecular weight is 262 g/mol. The monoisotopic (exact) mass is 261 g/mol. The molecule has 0 aliphatic carbocycles. The summed E-state index contributed by atoms with van der Waals surface area (Å²) in [7, 11) is 3.93. The molecule has 0 heterocycles. The lowest BCUT2D eigenvalue weighted by Crippen LogP contribution is -2.19. The molecule has 0 amide bonds. The molecule has 0 N–H and O–H groups in total. The van der Waals surface area contributed by atoms with Crippen molar-refractivity contribution < 1.29 is 9.53 Å². The SMILES string of the molecule is CN(C)CCOc1ccc(C(=O)Cl)c(Cl)c1. The van der Waals surface area contributed by atoms with Crippen LogP contribution in [0.3, 0.4) is 0 Å². The van der Waals surface area contributed by atoms with Gasteiger partial charge in [-0.05, 0) is 43.9 Å². The summed E-state index contributed by atoms with van der Waals surface area (Å²) in [4.78, 5) is 12.9. The molecule has 1 aromatic carbocycles. The number of carbonyl (C=O) groups is 1. The van der Waals surface area contributed by atoms with Gasteiger partial charge in [0.1, 0.15) is 12.4 Å². The summed E-state index contributed by atoms with van der Waals surface area (Å²) in [6, 6.07) is 4.83. The molecular formula is C11H13Cl2NO2. The third kappa shape index (κ3) is 4.00. The second-order valence-corrected chi connectivity index (χ2v) is 4.32. The standard InChI is InChI=1S/C11H13Cl2NO2/c1-14(2)5-6-16-8-3-4-9(11(13)15)10(12)7-8/h3-4,7H,5-6H2,1-2H3. The van der Waals surface area contributed by atoms with Gasteiger partial charge in [0.05, 0.1) is 10.6 Å². The van der Waals surface area contributed by atoms with Crippen molar-refractivity contribution in [3.05, 3.63) is 28.8 Å². The number of hydrogen-bond donors (Lipinski definition) is 0. The predicted octanol–water partition coefficient (Wildman–Crippen LogP) is 2.66. The number of rotatable bonds is 5. The molecular weight excluding hydrogens is 249 g/mol. The fraction of sp³-hybridized carbons (Fsp3) is 0.364. The van der Waals surface area contributed by atoms with Crippen molar-refractivity contribution in [3.8, 4) is 5.75 Å². The molecule has 16 heavy (non-hydrogen) atoms. The van der Waals surface area contributed by atoms with Crippen molar-refractivity contribution in [2.45, 2.75) is 0 Å². The number of nitrogens with zero attached hydrogens (tertiary/aromatic N) is 1. The molecule has 0 saturated heterocycles. The third-order valence-corrected chi connectivity index (χ3v) is 2.48. The van der Waals surface area contributed by atoms with Gasteiger partial charge < -0.3 is 9.64 Å². The number of likely N-dealkylation sites (N-methyl/N-ethyl adjacent to an activating group) is 1. The predicted molar refractivity (Wildman–Crippen MR) is 65.7 cm³/mol. The summed E-state index contributed by atoms with van der Waals surface area (Å²) < 4.78 is 5.45. The van der Waals surface area contributed by atoms with Crippen molar-refractivity contribution in [2.75, 3.05) is 27.2 Å². The molecule has 0 unspecified atom stereocenters. The van der Waals surface area contributed by atoms with Gasteiger partial charge in [-0.25, -0.2) is 0 Å². The minimum atomic E-state index is -0.565. The molecule has 0 fully saturated rings. The Morgan fingerprint density at radius 3 is 2.62 bits per heavy atom. The highest BCUT2D eigenvalue weighted by Gasteiger charge is 2.08. The summed E-state index contributed by atoms with van der Waals surface area (Å²) >= 11 is 11.2. The van der Waals surface area contributed by atoms with Gasteiger partial charge in [0.2, 0.25) is 0 Å². The molecule has 0 bridgehead atoms. The van der Waals surface area contributed by atoms with E-state index in [1.807, 2.05) is 19.0 Å². The number of benzene rings is 1. The minimum absolute atomic E-state index is 0.295. The Hall–Kier alpha value is -0.770. The Bertz CT molecular complexity index is 380. The van der Waals surface area contributed by atoms with Crippen molar-refractivity contribution in [2.24, 2.45) is 0 Å². The summed E-state index contributed by atoms with van der Waals surface area (Å²) in [5, 5.41) is -0.257. The zero-order valence-corrected chi connectivity index (χ0v) is 10.7. The van der Waals surface area contributed by atoms with Crippen LogP contribution in [0, 0.1) is 0 Å². The number of hydrogen-bond acceptors (Lipinski definition) is 3. The molecule has 0 saturated carbocycles. The minimum Gasteiger partial charge on any atom is -0.492 e. The van der Waals surface area contributed by atoms with Crippen molar-refractivity contribution in [1.29, 1.82) is 0 Å². The van der Waals surface area contributed by atoms with Gasteiger partial charge in [0.15, 0.2) is 0 Å². The lowest BCUT2D eigenvalue weighted by Gasteiger charge is -2.11. The smallest absolute Gasteiger partial charge is 0.253 e. The van der Waals surface area contributed by atoms with Gasteiger partial charge in [-0.1, -0.05) is 11.6 Å². The molecule has 3 nitrogen and oxygen atoms in total. The maximum atomic E-state index is 10.9. The Labute approximate surface area is 105 Å². The van der Waals surface area contributed by atoms with E-state index in [1.165, 1.54) is 0 Å². The highest BCUT2D eigenvalue weighted by molar-refractivity contribution is 6.68. The van der Waals surface area contributed by atoms with Crippen molar-refractivity contribution >= 4 is 28.4 Å². The van der Waals surface area contributed by atoms with Crippen LogP contribution in [0.15, 0.2) is 18.2 Å². The van der Waals surface area contributed by atoms with E-state index in [-0.39, 0.29) is 0 Å². The highest BCUT2D eigenvalue weighted by atomic mass is 35.5. The Morgan fingerprint density at radius 2 is 2.12 bits per heavy atom. The van der Waals surface area contributed by atoms with Crippen LogP contribution in [0.25, 0.3) is 0 Å².